The molecular weight excluding hydrogens is 358 g/mol. The zero-order chi connectivity index (χ0) is 19.0. The molecule has 4 rings (SSSR count). The average Bonchev–Trinajstić information content (AvgIpc) is 2.69. The molecule has 0 atom stereocenters. The number of aromatic nitrogens is 1. The number of hydrogen-bond acceptors (Lipinski definition) is 3. The molecule has 0 radical (unpaired) electrons. The van der Waals surface area contributed by atoms with Crippen molar-refractivity contribution in [2.75, 3.05) is 31.1 Å². The molecule has 2 heterocycles. The number of rotatable bonds is 3. The van der Waals surface area contributed by atoms with Gasteiger partial charge in [0.25, 0.3) is 5.82 Å². The minimum atomic E-state index is -3.45. The number of nitrogens with zero attached hydrogens (tertiary/aromatic N) is 2. The number of fused-ring (bicyclic) bond motifs is 1. The van der Waals surface area contributed by atoms with E-state index in [0.29, 0.717) is 31.1 Å². The lowest BCUT2D eigenvalue weighted by Gasteiger charge is -2.30. The molecule has 3 aromatic rings. The van der Waals surface area contributed by atoms with Crippen molar-refractivity contribution in [1.29, 1.82) is 0 Å². The highest BCUT2D eigenvalue weighted by Gasteiger charge is 2.32. The first kappa shape index (κ1) is 17.9. The van der Waals surface area contributed by atoms with Crippen molar-refractivity contribution < 1.29 is 13.4 Å². The van der Waals surface area contributed by atoms with Crippen LogP contribution in [0.5, 0.6) is 0 Å². The third-order valence-corrected chi connectivity index (χ3v) is 7.23. The number of aryl methyl sites for hydroxylation is 2. The van der Waals surface area contributed by atoms with Gasteiger partial charge in [0.1, 0.15) is 5.52 Å². The summed E-state index contributed by atoms with van der Waals surface area (Å²) in [6.07, 6.45) is 0. The van der Waals surface area contributed by atoms with Gasteiger partial charge in [-0.25, -0.2) is 13.4 Å². The van der Waals surface area contributed by atoms with Gasteiger partial charge in [-0.05, 0) is 49.2 Å². The highest BCUT2D eigenvalue weighted by molar-refractivity contribution is 7.89. The van der Waals surface area contributed by atoms with Crippen LogP contribution >= 0.6 is 0 Å². The van der Waals surface area contributed by atoms with Gasteiger partial charge in [0.2, 0.25) is 10.0 Å². The van der Waals surface area contributed by atoms with Crippen molar-refractivity contribution >= 4 is 26.7 Å². The molecule has 0 saturated carbocycles. The van der Waals surface area contributed by atoms with E-state index < -0.39 is 10.0 Å². The van der Waals surface area contributed by atoms with E-state index in [1.54, 1.807) is 16.4 Å². The Hall–Kier alpha value is -2.44. The number of piperazine rings is 1. The molecule has 1 N–H and O–H groups in total. The number of hydrogen-bond donors (Lipinski definition) is 0. The molecule has 0 bridgehead atoms. The van der Waals surface area contributed by atoms with Gasteiger partial charge in [-0.1, -0.05) is 24.3 Å². The molecule has 1 aliphatic heterocycles. The van der Waals surface area contributed by atoms with E-state index in [0.717, 1.165) is 27.8 Å². The van der Waals surface area contributed by atoms with Gasteiger partial charge in [-0.3, -0.25) is 4.90 Å². The van der Waals surface area contributed by atoms with Crippen molar-refractivity contribution in [2.45, 2.75) is 18.7 Å². The third-order valence-electron chi connectivity index (χ3n) is 5.34. The van der Waals surface area contributed by atoms with E-state index in [1.165, 1.54) is 0 Å². The van der Waals surface area contributed by atoms with Crippen LogP contribution in [0, 0.1) is 13.8 Å². The number of sulfonamides is 1. The molecule has 6 heteroatoms. The topological polar surface area (TPSA) is 54.8 Å². The molecule has 0 unspecified atom stereocenters. The van der Waals surface area contributed by atoms with Gasteiger partial charge >= 0.3 is 0 Å². The summed E-state index contributed by atoms with van der Waals surface area (Å²) in [5.41, 5.74) is 3.19. The molecule has 1 saturated heterocycles. The van der Waals surface area contributed by atoms with Crippen molar-refractivity contribution in [1.82, 2.24) is 4.31 Å². The van der Waals surface area contributed by atoms with Gasteiger partial charge in [-0.2, -0.15) is 4.31 Å². The summed E-state index contributed by atoms with van der Waals surface area (Å²) in [6, 6.07) is 17.7. The maximum absolute atomic E-state index is 13.0. The molecular formula is C21H24N3O2S+. The highest BCUT2D eigenvalue weighted by atomic mass is 32.2. The summed E-state index contributed by atoms with van der Waals surface area (Å²) >= 11 is 0. The molecule has 1 fully saturated rings. The van der Waals surface area contributed by atoms with Gasteiger partial charge in [0.15, 0.2) is 0 Å². The number of H-pyrrole nitrogens is 1. The molecule has 1 aromatic heterocycles. The van der Waals surface area contributed by atoms with E-state index in [4.69, 9.17) is 0 Å². The first-order valence-electron chi connectivity index (χ1n) is 9.18. The number of aromatic amines is 1. The van der Waals surface area contributed by atoms with Crippen LogP contribution in [-0.2, 0) is 10.0 Å². The summed E-state index contributed by atoms with van der Waals surface area (Å²) in [4.78, 5) is 6.05. The fourth-order valence-corrected chi connectivity index (χ4v) is 4.99. The number of para-hydroxylation sites is 1. The summed E-state index contributed by atoms with van der Waals surface area (Å²) in [5.74, 6) is 1.02. The van der Waals surface area contributed by atoms with Crippen molar-refractivity contribution in [3.8, 4) is 0 Å². The monoisotopic (exact) mass is 382 g/mol. The standard InChI is InChI=1S/C21H23N3O2S/c1-16-7-9-19(15-17(16)2)27(25,26)24-13-11-23(12-14-24)21-10-8-18-5-3-4-6-20(18)22-21/h3-10,15H,11-14H2,1-2H3/p+1. The quantitative estimate of drug-likeness (QED) is 0.700. The Morgan fingerprint density at radius 1 is 0.852 bits per heavy atom. The first-order valence-corrected chi connectivity index (χ1v) is 10.6. The van der Waals surface area contributed by atoms with Crippen LogP contribution in [0.2, 0.25) is 0 Å². The fraction of sp³-hybridized carbons (Fsp3) is 0.286. The van der Waals surface area contributed by atoms with Crippen LogP contribution in [-0.4, -0.2) is 38.9 Å². The molecule has 140 valence electrons. The Morgan fingerprint density at radius 2 is 1.59 bits per heavy atom. The van der Waals surface area contributed by atoms with Crippen molar-refractivity contribution in [3.05, 3.63) is 65.7 Å². The van der Waals surface area contributed by atoms with Gasteiger partial charge in [-0.15, -0.1) is 0 Å². The predicted octanol–water partition coefficient (Wildman–Crippen LogP) is 2.78. The van der Waals surface area contributed by atoms with Gasteiger partial charge in [0, 0.05) is 11.5 Å². The van der Waals surface area contributed by atoms with Crippen LogP contribution in [0.25, 0.3) is 10.9 Å². The largest absolute Gasteiger partial charge is 0.274 e. The summed E-state index contributed by atoms with van der Waals surface area (Å²) in [5, 5.41) is 1.16. The molecule has 0 amide bonds. The molecule has 1 aliphatic rings. The second kappa shape index (κ2) is 6.94. The summed E-state index contributed by atoms with van der Waals surface area (Å²) in [6.45, 7) is 6.23. The molecule has 5 nitrogen and oxygen atoms in total. The van der Waals surface area contributed by atoms with Crippen LogP contribution in [0.3, 0.4) is 0 Å². The Labute approximate surface area is 160 Å². The lowest BCUT2D eigenvalue weighted by atomic mass is 10.1. The number of anilines is 1. The van der Waals surface area contributed by atoms with E-state index in [1.807, 2.05) is 32.0 Å². The molecule has 0 aliphatic carbocycles. The lowest BCUT2D eigenvalue weighted by Crippen LogP contribution is -2.49. The summed E-state index contributed by atoms with van der Waals surface area (Å²) < 4.78 is 27.5. The van der Waals surface area contributed by atoms with Crippen LogP contribution in [0.4, 0.5) is 5.82 Å². The SMILES string of the molecule is Cc1ccc(S(=O)(=O)N2CCN(c3ccc4ccccc4[nH+]3)CC2)cc1C. The first-order chi connectivity index (χ1) is 12.9. The van der Waals surface area contributed by atoms with Gasteiger partial charge < -0.3 is 0 Å². The Kier molecular flexibility index (Phi) is 4.61. The van der Waals surface area contributed by atoms with Crippen LogP contribution in [0.15, 0.2) is 59.5 Å². The Morgan fingerprint density at radius 3 is 2.33 bits per heavy atom. The zero-order valence-electron chi connectivity index (χ0n) is 15.6. The van der Waals surface area contributed by atoms with E-state index >= 15 is 0 Å². The normalized spacial score (nSPS) is 16.0. The maximum Gasteiger partial charge on any atom is 0.274 e. The fourth-order valence-electron chi connectivity index (χ4n) is 3.48. The number of nitrogens with one attached hydrogen (secondary N) is 1. The minimum absolute atomic E-state index is 0.385. The molecule has 0 spiro atoms. The second-order valence-corrected chi connectivity index (χ2v) is 9.01. The number of pyridine rings is 1. The van der Waals surface area contributed by atoms with Crippen molar-refractivity contribution in [3.63, 3.8) is 0 Å². The average molecular weight is 383 g/mol. The second-order valence-electron chi connectivity index (χ2n) is 7.07. The lowest BCUT2D eigenvalue weighted by molar-refractivity contribution is -0.330. The van der Waals surface area contributed by atoms with Crippen LogP contribution < -0.4 is 9.88 Å². The van der Waals surface area contributed by atoms with Crippen LogP contribution in [0.1, 0.15) is 11.1 Å². The van der Waals surface area contributed by atoms with E-state index in [-0.39, 0.29) is 0 Å². The van der Waals surface area contributed by atoms with Crippen molar-refractivity contribution in [2.24, 2.45) is 0 Å². The zero-order valence-corrected chi connectivity index (χ0v) is 16.5. The minimum Gasteiger partial charge on any atom is -0.259 e. The van der Waals surface area contributed by atoms with E-state index in [9.17, 15) is 8.42 Å². The van der Waals surface area contributed by atoms with E-state index in [2.05, 4.69) is 34.1 Å². The smallest absolute Gasteiger partial charge is 0.259 e. The summed E-state index contributed by atoms with van der Waals surface area (Å²) in [7, 11) is -3.45. The third kappa shape index (κ3) is 3.42. The van der Waals surface area contributed by atoms with Gasteiger partial charge in [0.05, 0.1) is 31.1 Å². The maximum atomic E-state index is 13.0. The Balaban J connectivity index is 1.51. The predicted molar refractivity (Wildman–Crippen MR) is 107 cm³/mol. The highest BCUT2D eigenvalue weighted by Crippen LogP contribution is 2.22. The number of benzene rings is 2. The molecule has 2 aromatic carbocycles. The Bertz CT molecular complexity index is 1090. The molecule has 27 heavy (non-hydrogen) atoms.